The minimum atomic E-state index is -2.78. The summed E-state index contributed by atoms with van der Waals surface area (Å²) in [6.07, 6.45) is -2.78. The SMILES string of the molecule is NC(=O)c1nc(Br)cc(C(F)F)c1Cl. The molecule has 0 aliphatic heterocycles. The number of carbonyl (C=O) groups is 1. The Bertz CT molecular complexity index is 386. The molecule has 0 aliphatic rings. The highest BCUT2D eigenvalue weighted by atomic mass is 79.9. The summed E-state index contributed by atoms with van der Waals surface area (Å²) in [5.41, 5.74) is 4.07. The molecule has 0 aliphatic carbocycles. The largest absolute Gasteiger partial charge is 0.364 e. The second-order valence-electron chi connectivity index (χ2n) is 2.36. The zero-order valence-corrected chi connectivity index (χ0v) is 8.94. The van der Waals surface area contributed by atoms with Crippen molar-refractivity contribution in [2.24, 2.45) is 5.73 Å². The Morgan fingerprint density at radius 1 is 1.64 bits per heavy atom. The number of alkyl halides is 2. The van der Waals surface area contributed by atoms with Crippen molar-refractivity contribution < 1.29 is 13.6 Å². The van der Waals surface area contributed by atoms with Crippen LogP contribution in [0.1, 0.15) is 22.5 Å². The molecule has 0 saturated heterocycles. The van der Waals surface area contributed by atoms with Crippen LogP contribution in [0.5, 0.6) is 0 Å². The van der Waals surface area contributed by atoms with E-state index in [9.17, 15) is 13.6 Å². The number of pyridine rings is 1. The Kier molecular flexibility index (Phi) is 3.38. The summed E-state index contributed by atoms with van der Waals surface area (Å²) >= 11 is 8.38. The molecular weight excluding hydrogens is 281 g/mol. The fourth-order valence-electron chi connectivity index (χ4n) is 0.839. The first-order valence-electron chi connectivity index (χ1n) is 3.37. The van der Waals surface area contributed by atoms with Gasteiger partial charge in [-0.2, -0.15) is 0 Å². The van der Waals surface area contributed by atoms with Crippen LogP contribution in [0.3, 0.4) is 0 Å². The zero-order chi connectivity index (χ0) is 10.9. The Labute approximate surface area is 91.4 Å². The molecule has 14 heavy (non-hydrogen) atoms. The van der Waals surface area contributed by atoms with Gasteiger partial charge in [0.05, 0.1) is 5.02 Å². The molecule has 0 radical (unpaired) electrons. The van der Waals surface area contributed by atoms with Crippen LogP contribution >= 0.6 is 27.5 Å². The maximum atomic E-state index is 12.4. The smallest absolute Gasteiger partial charge is 0.268 e. The van der Waals surface area contributed by atoms with Crippen molar-refractivity contribution >= 4 is 33.4 Å². The van der Waals surface area contributed by atoms with Gasteiger partial charge in [0.1, 0.15) is 10.3 Å². The maximum absolute atomic E-state index is 12.4. The first-order chi connectivity index (χ1) is 6.43. The molecule has 1 heterocycles. The van der Waals surface area contributed by atoms with Gasteiger partial charge in [0, 0.05) is 5.56 Å². The molecule has 7 heteroatoms. The molecule has 0 aromatic carbocycles. The predicted molar refractivity (Wildman–Crippen MR) is 50.4 cm³/mol. The van der Waals surface area contributed by atoms with Crippen LogP contribution in [-0.2, 0) is 0 Å². The minimum absolute atomic E-state index is 0.0889. The average molecular weight is 285 g/mol. The molecule has 0 saturated carbocycles. The molecule has 1 amide bonds. The lowest BCUT2D eigenvalue weighted by molar-refractivity contribution is 0.0995. The Morgan fingerprint density at radius 3 is 2.64 bits per heavy atom. The van der Waals surface area contributed by atoms with Crippen LogP contribution in [0.25, 0.3) is 0 Å². The molecule has 76 valence electrons. The van der Waals surface area contributed by atoms with Gasteiger partial charge in [-0.25, -0.2) is 13.8 Å². The molecule has 0 spiro atoms. The van der Waals surface area contributed by atoms with Gasteiger partial charge in [-0.15, -0.1) is 0 Å². The third-order valence-corrected chi connectivity index (χ3v) is 2.23. The lowest BCUT2D eigenvalue weighted by atomic mass is 10.2. The number of rotatable bonds is 2. The number of hydrogen-bond donors (Lipinski definition) is 1. The summed E-state index contributed by atoms with van der Waals surface area (Å²) in [7, 11) is 0. The summed E-state index contributed by atoms with van der Waals surface area (Å²) < 4.78 is 24.8. The van der Waals surface area contributed by atoms with Gasteiger partial charge in [0.15, 0.2) is 0 Å². The first-order valence-corrected chi connectivity index (χ1v) is 4.54. The normalized spacial score (nSPS) is 10.6. The van der Waals surface area contributed by atoms with Crippen molar-refractivity contribution in [3.63, 3.8) is 0 Å². The van der Waals surface area contributed by atoms with Crippen molar-refractivity contribution in [2.75, 3.05) is 0 Å². The van der Waals surface area contributed by atoms with E-state index < -0.39 is 22.9 Å². The number of aromatic nitrogens is 1. The van der Waals surface area contributed by atoms with Crippen molar-refractivity contribution in [3.8, 4) is 0 Å². The molecule has 0 unspecified atom stereocenters. The molecule has 1 aromatic rings. The van der Waals surface area contributed by atoms with Crippen LogP contribution in [0.4, 0.5) is 8.78 Å². The number of nitrogens with zero attached hydrogens (tertiary/aromatic N) is 1. The van der Waals surface area contributed by atoms with Gasteiger partial charge in [-0.05, 0) is 22.0 Å². The molecular formula is C7H4BrClF2N2O. The van der Waals surface area contributed by atoms with E-state index in [4.69, 9.17) is 17.3 Å². The number of amides is 1. The van der Waals surface area contributed by atoms with E-state index in [1.165, 1.54) is 0 Å². The minimum Gasteiger partial charge on any atom is -0.364 e. The molecule has 3 nitrogen and oxygen atoms in total. The second-order valence-corrected chi connectivity index (χ2v) is 3.55. The Balaban J connectivity index is 3.40. The van der Waals surface area contributed by atoms with Crippen LogP contribution in [0, 0.1) is 0 Å². The van der Waals surface area contributed by atoms with Crippen molar-refractivity contribution in [3.05, 3.63) is 26.9 Å². The zero-order valence-electron chi connectivity index (χ0n) is 6.60. The quantitative estimate of drug-likeness (QED) is 0.849. The highest BCUT2D eigenvalue weighted by Gasteiger charge is 2.19. The topological polar surface area (TPSA) is 56.0 Å². The average Bonchev–Trinajstić information content (AvgIpc) is 2.07. The van der Waals surface area contributed by atoms with E-state index in [0.717, 1.165) is 6.07 Å². The molecule has 1 aromatic heterocycles. The van der Waals surface area contributed by atoms with Crippen LogP contribution in [0.15, 0.2) is 10.7 Å². The number of primary amides is 1. The van der Waals surface area contributed by atoms with E-state index in [1.807, 2.05) is 0 Å². The molecule has 2 N–H and O–H groups in total. The fourth-order valence-corrected chi connectivity index (χ4v) is 1.53. The standard InChI is InChI=1S/C7H4BrClF2N2O/c8-3-1-2(6(10)11)4(9)5(13-3)7(12)14/h1,6H,(H2,12,14). The summed E-state index contributed by atoms with van der Waals surface area (Å²) in [4.78, 5) is 14.4. The van der Waals surface area contributed by atoms with Crippen molar-refractivity contribution in [1.29, 1.82) is 0 Å². The van der Waals surface area contributed by atoms with Gasteiger partial charge >= 0.3 is 0 Å². The van der Waals surface area contributed by atoms with Gasteiger partial charge in [0.2, 0.25) is 0 Å². The molecule has 0 bridgehead atoms. The highest BCUT2D eigenvalue weighted by Crippen LogP contribution is 2.30. The molecule has 0 fully saturated rings. The van der Waals surface area contributed by atoms with Gasteiger partial charge < -0.3 is 5.73 Å². The number of carbonyl (C=O) groups excluding carboxylic acids is 1. The third kappa shape index (κ3) is 2.19. The number of hydrogen-bond acceptors (Lipinski definition) is 2. The molecule has 1 rings (SSSR count). The van der Waals surface area contributed by atoms with Crippen LogP contribution < -0.4 is 5.73 Å². The van der Waals surface area contributed by atoms with Gasteiger partial charge in [0.25, 0.3) is 12.3 Å². The number of halogens is 4. The van der Waals surface area contributed by atoms with Crippen molar-refractivity contribution in [2.45, 2.75) is 6.43 Å². The van der Waals surface area contributed by atoms with Crippen molar-refractivity contribution in [1.82, 2.24) is 4.98 Å². The number of nitrogens with two attached hydrogens (primary N) is 1. The second kappa shape index (κ2) is 4.18. The van der Waals surface area contributed by atoms with E-state index in [-0.39, 0.29) is 10.3 Å². The first kappa shape index (κ1) is 11.3. The maximum Gasteiger partial charge on any atom is 0.268 e. The lowest BCUT2D eigenvalue weighted by Gasteiger charge is -2.06. The van der Waals surface area contributed by atoms with E-state index in [2.05, 4.69) is 20.9 Å². The summed E-state index contributed by atoms with van der Waals surface area (Å²) in [5.74, 6) is -0.946. The van der Waals surface area contributed by atoms with E-state index >= 15 is 0 Å². The van der Waals surface area contributed by atoms with Crippen LogP contribution in [0.2, 0.25) is 5.02 Å². The Hall–Kier alpha value is -0.750. The highest BCUT2D eigenvalue weighted by molar-refractivity contribution is 9.10. The molecule has 0 atom stereocenters. The van der Waals surface area contributed by atoms with E-state index in [1.54, 1.807) is 0 Å². The Morgan fingerprint density at radius 2 is 2.21 bits per heavy atom. The van der Waals surface area contributed by atoms with Crippen LogP contribution in [-0.4, -0.2) is 10.9 Å². The predicted octanol–water partition coefficient (Wildman–Crippen LogP) is 2.53. The fraction of sp³-hybridized carbons (Fsp3) is 0.143. The summed E-state index contributed by atoms with van der Waals surface area (Å²) in [5, 5.41) is -0.407. The summed E-state index contributed by atoms with van der Waals surface area (Å²) in [6, 6.07) is 1.04. The monoisotopic (exact) mass is 284 g/mol. The van der Waals surface area contributed by atoms with Gasteiger partial charge in [-0.1, -0.05) is 11.6 Å². The summed E-state index contributed by atoms with van der Waals surface area (Å²) in [6.45, 7) is 0. The third-order valence-electron chi connectivity index (χ3n) is 1.42. The lowest BCUT2D eigenvalue weighted by Crippen LogP contribution is -2.15. The van der Waals surface area contributed by atoms with Gasteiger partial charge in [-0.3, -0.25) is 4.79 Å². The van der Waals surface area contributed by atoms with E-state index in [0.29, 0.717) is 0 Å².